The van der Waals surface area contributed by atoms with Gasteiger partial charge in [0, 0.05) is 20.1 Å². The molecule has 0 fully saturated rings. The molecule has 0 aromatic rings. The van der Waals surface area contributed by atoms with Crippen molar-refractivity contribution in [2.75, 3.05) is 20.3 Å². The van der Waals surface area contributed by atoms with Crippen LogP contribution in [0.2, 0.25) is 0 Å². The Balaban J connectivity index is 3.11. The highest BCUT2D eigenvalue weighted by Crippen LogP contribution is 2.05. The zero-order valence-corrected chi connectivity index (χ0v) is 11.5. The van der Waals surface area contributed by atoms with E-state index in [0.29, 0.717) is 13.0 Å². The first-order valence-corrected chi connectivity index (χ1v) is 6.95. The van der Waals surface area contributed by atoms with Crippen LogP contribution in [0.15, 0.2) is 0 Å². The Bertz CT molecular complexity index is 169. The van der Waals surface area contributed by atoms with E-state index in [4.69, 9.17) is 9.47 Å². The Kier molecular flexibility index (Phi) is 13.0. The summed E-state index contributed by atoms with van der Waals surface area (Å²) in [5, 5.41) is 0. The molecule has 0 N–H and O–H groups in total. The van der Waals surface area contributed by atoms with Crippen molar-refractivity contribution in [1.29, 1.82) is 0 Å². The molecule has 0 radical (unpaired) electrons. The van der Waals surface area contributed by atoms with Gasteiger partial charge in [-0.25, -0.2) is 0 Å². The summed E-state index contributed by atoms with van der Waals surface area (Å²) in [7, 11) is 1.68. The van der Waals surface area contributed by atoms with Crippen LogP contribution in [0.4, 0.5) is 0 Å². The van der Waals surface area contributed by atoms with Crippen molar-refractivity contribution in [2.24, 2.45) is 0 Å². The normalized spacial score (nSPS) is 10.5. The van der Waals surface area contributed by atoms with E-state index >= 15 is 0 Å². The van der Waals surface area contributed by atoms with Crippen molar-refractivity contribution < 1.29 is 14.3 Å². The number of unbranched alkanes of at least 4 members (excludes halogenated alkanes) is 6. The lowest BCUT2D eigenvalue weighted by atomic mass is 10.1. The molecule has 0 spiro atoms. The third-order valence-corrected chi connectivity index (χ3v) is 2.74. The van der Waals surface area contributed by atoms with E-state index in [1.807, 2.05) is 0 Å². The lowest BCUT2D eigenvalue weighted by Gasteiger charge is -2.04. The van der Waals surface area contributed by atoms with E-state index in [1.54, 1.807) is 7.11 Å². The van der Waals surface area contributed by atoms with Crippen molar-refractivity contribution in [3.63, 3.8) is 0 Å². The predicted octanol–water partition coefficient (Wildman–Crippen LogP) is 3.71. The maximum atomic E-state index is 11.3. The van der Waals surface area contributed by atoms with E-state index in [9.17, 15) is 4.79 Å². The van der Waals surface area contributed by atoms with E-state index in [2.05, 4.69) is 6.92 Å². The van der Waals surface area contributed by atoms with Gasteiger partial charge in [0.15, 0.2) is 0 Å². The highest BCUT2D eigenvalue weighted by atomic mass is 16.5. The predicted molar refractivity (Wildman–Crippen MR) is 70.1 cm³/mol. The minimum Gasteiger partial charge on any atom is -0.466 e. The first-order valence-electron chi connectivity index (χ1n) is 6.95. The Labute approximate surface area is 106 Å². The average molecular weight is 244 g/mol. The molecule has 0 aromatic carbocycles. The lowest BCUT2D eigenvalue weighted by molar-refractivity contribution is -0.143. The van der Waals surface area contributed by atoms with Crippen molar-refractivity contribution in [2.45, 2.75) is 64.7 Å². The first kappa shape index (κ1) is 16.4. The average Bonchev–Trinajstić information content (AvgIpc) is 2.33. The van der Waals surface area contributed by atoms with Gasteiger partial charge >= 0.3 is 5.97 Å². The third-order valence-electron chi connectivity index (χ3n) is 2.74. The number of esters is 1. The fourth-order valence-electron chi connectivity index (χ4n) is 1.66. The van der Waals surface area contributed by atoms with Gasteiger partial charge in [-0.05, 0) is 19.3 Å². The van der Waals surface area contributed by atoms with Gasteiger partial charge in [0.25, 0.3) is 0 Å². The van der Waals surface area contributed by atoms with Crippen molar-refractivity contribution in [3.8, 4) is 0 Å². The van der Waals surface area contributed by atoms with Gasteiger partial charge in [-0.15, -0.1) is 0 Å². The van der Waals surface area contributed by atoms with E-state index < -0.39 is 0 Å². The number of methoxy groups -OCH3 is 1. The maximum Gasteiger partial charge on any atom is 0.305 e. The zero-order valence-electron chi connectivity index (χ0n) is 11.5. The second-order valence-corrected chi connectivity index (χ2v) is 4.44. The number of hydrogen-bond acceptors (Lipinski definition) is 3. The second kappa shape index (κ2) is 13.5. The number of rotatable bonds is 12. The largest absolute Gasteiger partial charge is 0.466 e. The summed E-state index contributed by atoms with van der Waals surface area (Å²) in [6.07, 6.45) is 9.67. The van der Waals surface area contributed by atoms with Gasteiger partial charge in [-0.2, -0.15) is 0 Å². The van der Waals surface area contributed by atoms with Gasteiger partial charge in [0.05, 0.1) is 6.61 Å². The number of carbonyl (C=O) groups excluding carboxylic acids is 1. The molecular weight excluding hydrogens is 216 g/mol. The summed E-state index contributed by atoms with van der Waals surface area (Å²) in [5.41, 5.74) is 0. The van der Waals surface area contributed by atoms with Crippen LogP contribution >= 0.6 is 0 Å². The van der Waals surface area contributed by atoms with Crippen molar-refractivity contribution in [3.05, 3.63) is 0 Å². The molecule has 0 amide bonds. The molecule has 0 aromatic heterocycles. The van der Waals surface area contributed by atoms with Gasteiger partial charge in [-0.1, -0.05) is 39.0 Å². The summed E-state index contributed by atoms with van der Waals surface area (Å²) >= 11 is 0. The third kappa shape index (κ3) is 13.4. The highest BCUT2D eigenvalue weighted by molar-refractivity contribution is 5.69. The van der Waals surface area contributed by atoms with E-state index in [1.165, 1.54) is 32.1 Å². The van der Waals surface area contributed by atoms with Crippen molar-refractivity contribution >= 4 is 5.97 Å². The van der Waals surface area contributed by atoms with Crippen LogP contribution in [-0.2, 0) is 14.3 Å². The molecule has 0 aliphatic carbocycles. The molecule has 3 nitrogen and oxygen atoms in total. The first-order chi connectivity index (χ1) is 8.31. The maximum absolute atomic E-state index is 11.3. The van der Waals surface area contributed by atoms with Crippen LogP contribution in [0.3, 0.4) is 0 Å². The highest BCUT2D eigenvalue weighted by Gasteiger charge is 2.01. The quantitative estimate of drug-likeness (QED) is 0.388. The lowest BCUT2D eigenvalue weighted by Crippen LogP contribution is -2.06. The Morgan fingerprint density at radius 2 is 1.53 bits per heavy atom. The smallest absolute Gasteiger partial charge is 0.305 e. The molecule has 0 heterocycles. The molecule has 0 saturated carbocycles. The fourth-order valence-corrected chi connectivity index (χ4v) is 1.66. The Hall–Kier alpha value is -0.570. The molecule has 0 bridgehead atoms. The summed E-state index contributed by atoms with van der Waals surface area (Å²) in [6, 6.07) is 0. The van der Waals surface area contributed by atoms with Crippen LogP contribution in [0.1, 0.15) is 64.7 Å². The molecule has 0 unspecified atom stereocenters. The molecule has 0 rings (SSSR count). The minimum absolute atomic E-state index is 0.0605. The summed E-state index contributed by atoms with van der Waals surface area (Å²) in [5.74, 6) is -0.0605. The van der Waals surface area contributed by atoms with Gasteiger partial charge in [-0.3, -0.25) is 4.79 Å². The van der Waals surface area contributed by atoms with Crippen LogP contribution in [0.5, 0.6) is 0 Å². The van der Waals surface area contributed by atoms with E-state index in [-0.39, 0.29) is 5.97 Å². The molecule has 0 saturated heterocycles. The molecule has 0 atom stereocenters. The second-order valence-electron chi connectivity index (χ2n) is 4.44. The monoisotopic (exact) mass is 244 g/mol. The van der Waals surface area contributed by atoms with Crippen LogP contribution in [-0.4, -0.2) is 26.3 Å². The molecule has 0 aliphatic heterocycles. The molecule has 0 aliphatic rings. The fraction of sp³-hybridized carbons (Fsp3) is 0.929. The Morgan fingerprint density at radius 1 is 0.882 bits per heavy atom. The van der Waals surface area contributed by atoms with Crippen LogP contribution < -0.4 is 0 Å². The molecule has 102 valence electrons. The van der Waals surface area contributed by atoms with Gasteiger partial charge < -0.3 is 9.47 Å². The van der Waals surface area contributed by atoms with E-state index in [0.717, 1.165) is 25.9 Å². The number of hydrogen-bond donors (Lipinski definition) is 0. The standard InChI is InChI=1S/C14H28O3/c1-3-4-5-6-7-9-13-17-14(15)11-8-10-12-16-2/h3-13H2,1-2H3. The Morgan fingerprint density at radius 3 is 2.24 bits per heavy atom. The molecule has 17 heavy (non-hydrogen) atoms. The SMILES string of the molecule is CCCCCCCCOC(=O)CCCCOC. The number of carbonyl (C=O) groups is 1. The summed E-state index contributed by atoms with van der Waals surface area (Å²) in [4.78, 5) is 11.3. The van der Waals surface area contributed by atoms with Gasteiger partial charge in [0.1, 0.15) is 0 Å². The van der Waals surface area contributed by atoms with Crippen molar-refractivity contribution in [1.82, 2.24) is 0 Å². The number of ether oxygens (including phenoxy) is 2. The molecular formula is C14H28O3. The summed E-state index contributed by atoms with van der Waals surface area (Å²) in [6.45, 7) is 3.53. The van der Waals surface area contributed by atoms with Crippen LogP contribution in [0.25, 0.3) is 0 Å². The van der Waals surface area contributed by atoms with Gasteiger partial charge in [0.2, 0.25) is 0 Å². The molecule has 3 heteroatoms. The summed E-state index contributed by atoms with van der Waals surface area (Å²) < 4.78 is 10.1. The topological polar surface area (TPSA) is 35.5 Å². The zero-order chi connectivity index (χ0) is 12.8. The van der Waals surface area contributed by atoms with Crippen LogP contribution in [0, 0.1) is 0 Å². The minimum atomic E-state index is -0.0605.